The van der Waals surface area contributed by atoms with Gasteiger partial charge in [-0.3, -0.25) is 4.98 Å². The summed E-state index contributed by atoms with van der Waals surface area (Å²) < 4.78 is 12.9. The summed E-state index contributed by atoms with van der Waals surface area (Å²) in [4.78, 5) is 8.66. The normalized spacial score (nSPS) is 12.2. The van der Waals surface area contributed by atoms with E-state index in [-0.39, 0.29) is 11.9 Å². The van der Waals surface area contributed by atoms with E-state index < -0.39 is 0 Å². The number of aryl methyl sites for hydroxylation is 2. The molecule has 1 aromatic carbocycles. The van der Waals surface area contributed by atoms with Gasteiger partial charge in [-0.05, 0) is 38.5 Å². The summed E-state index contributed by atoms with van der Waals surface area (Å²) in [5.74, 6) is 0.546. The molecule has 4 heteroatoms. The minimum atomic E-state index is -0.225. The van der Waals surface area contributed by atoms with Crippen molar-refractivity contribution in [1.29, 1.82) is 0 Å². The predicted molar refractivity (Wildman–Crippen MR) is 69.9 cm³/mol. The smallest absolute Gasteiger partial charge is 0.148 e. The highest BCUT2D eigenvalue weighted by atomic mass is 19.1. The van der Waals surface area contributed by atoms with Crippen molar-refractivity contribution >= 4 is 5.82 Å². The molecule has 2 rings (SSSR count). The molecule has 0 fully saturated rings. The van der Waals surface area contributed by atoms with Crippen molar-refractivity contribution in [3.05, 3.63) is 53.2 Å². The van der Waals surface area contributed by atoms with Gasteiger partial charge in [0.25, 0.3) is 0 Å². The molecule has 1 heterocycles. The summed E-state index contributed by atoms with van der Waals surface area (Å²) in [5, 5.41) is 3.29. The van der Waals surface area contributed by atoms with Crippen LogP contribution in [0.25, 0.3) is 0 Å². The average Bonchev–Trinajstić information content (AvgIpc) is 2.34. The van der Waals surface area contributed by atoms with Crippen molar-refractivity contribution in [2.45, 2.75) is 26.8 Å². The summed E-state index contributed by atoms with van der Waals surface area (Å²) in [5.41, 5.74) is 2.74. The molecule has 94 valence electrons. The molecular formula is C14H16FN3. The Morgan fingerprint density at radius 1 is 1.17 bits per heavy atom. The van der Waals surface area contributed by atoms with Gasteiger partial charge >= 0.3 is 0 Å². The highest BCUT2D eigenvalue weighted by Crippen LogP contribution is 2.19. The Morgan fingerprint density at radius 3 is 2.50 bits per heavy atom. The van der Waals surface area contributed by atoms with Gasteiger partial charge in [-0.15, -0.1) is 0 Å². The summed E-state index contributed by atoms with van der Waals surface area (Å²) in [7, 11) is 0. The number of nitrogens with one attached hydrogen (secondary N) is 1. The van der Waals surface area contributed by atoms with E-state index in [0.717, 1.165) is 22.8 Å². The first-order valence-electron chi connectivity index (χ1n) is 5.88. The Morgan fingerprint density at radius 2 is 1.83 bits per heavy atom. The second-order valence-corrected chi connectivity index (χ2v) is 4.36. The molecule has 0 bridgehead atoms. The number of benzene rings is 1. The van der Waals surface area contributed by atoms with Gasteiger partial charge in [0.2, 0.25) is 0 Å². The van der Waals surface area contributed by atoms with E-state index in [9.17, 15) is 4.39 Å². The number of aromatic nitrogens is 2. The molecule has 0 aliphatic rings. The van der Waals surface area contributed by atoms with Gasteiger partial charge in [-0.1, -0.05) is 12.1 Å². The van der Waals surface area contributed by atoms with E-state index in [2.05, 4.69) is 15.3 Å². The third-order valence-electron chi connectivity index (χ3n) is 2.80. The van der Waals surface area contributed by atoms with Crippen molar-refractivity contribution in [2.75, 3.05) is 5.32 Å². The second kappa shape index (κ2) is 5.12. The molecule has 0 spiro atoms. The van der Waals surface area contributed by atoms with Crippen LogP contribution >= 0.6 is 0 Å². The van der Waals surface area contributed by atoms with Crippen LogP contribution in [0.3, 0.4) is 0 Å². The highest BCUT2D eigenvalue weighted by Gasteiger charge is 2.08. The zero-order chi connectivity index (χ0) is 13.1. The number of hydrogen-bond acceptors (Lipinski definition) is 3. The zero-order valence-electron chi connectivity index (χ0n) is 10.7. The van der Waals surface area contributed by atoms with Gasteiger partial charge in [0.15, 0.2) is 0 Å². The van der Waals surface area contributed by atoms with Gasteiger partial charge in [0.1, 0.15) is 11.6 Å². The maximum absolute atomic E-state index is 12.9. The Bertz CT molecular complexity index is 537. The third-order valence-corrected chi connectivity index (χ3v) is 2.80. The van der Waals surface area contributed by atoms with E-state index in [1.807, 2.05) is 20.8 Å². The first kappa shape index (κ1) is 12.5. The van der Waals surface area contributed by atoms with Crippen LogP contribution in [0.4, 0.5) is 10.2 Å². The average molecular weight is 245 g/mol. The molecule has 0 amide bonds. The van der Waals surface area contributed by atoms with Gasteiger partial charge in [-0.25, -0.2) is 9.37 Å². The number of rotatable bonds is 3. The molecule has 0 saturated carbocycles. The van der Waals surface area contributed by atoms with E-state index in [4.69, 9.17) is 0 Å². The first-order valence-corrected chi connectivity index (χ1v) is 5.88. The van der Waals surface area contributed by atoms with Crippen LogP contribution in [0.1, 0.15) is 29.9 Å². The molecule has 18 heavy (non-hydrogen) atoms. The van der Waals surface area contributed by atoms with Crippen molar-refractivity contribution in [2.24, 2.45) is 0 Å². The van der Waals surface area contributed by atoms with Gasteiger partial charge in [0, 0.05) is 6.20 Å². The number of anilines is 1. The molecule has 0 saturated heterocycles. The summed E-state index contributed by atoms with van der Waals surface area (Å²) in [6.07, 6.45) is 1.74. The van der Waals surface area contributed by atoms with Crippen molar-refractivity contribution < 1.29 is 4.39 Å². The summed E-state index contributed by atoms with van der Waals surface area (Å²) in [6, 6.07) is 6.52. The Hall–Kier alpha value is -1.97. The maximum atomic E-state index is 12.9. The Labute approximate surface area is 106 Å². The topological polar surface area (TPSA) is 37.8 Å². The van der Waals surface area contributed by atoms with Gasteiger partial charge in [-0.2, -0.15) is 0 Å². The van der Waals surface area contributed by atoms with E-state index in [0.29, 0.717) is 0 Å². The zero-order valence-corrected chi connectivity index (χ0v) is 10.7. The summed E-state index contributed by atoms with van der Waals surface area (Å²) >= 11 is 0. The molecule has 0 radical (unpaired) electrons. The molecule has 3 nitrogen and oxygen atoms in total. The minimum Gasteiger partial charge on any atom is -0.362 e. The predicted octanol–water partition coefficient (Wildman–Crippen LogP) is 3.41. The monoisotopic (exact) mass is 245 g/mol. The van der Waals surface area contributed by atoms with Crippen molar-refractivity contribution in [1.82, 2.24) is 9.97 Å². The Kier molecular flexibility index (Phi) is 3.55. The minimum absolute atomic E-state index is 0.0559. The SMILES string of the molecule is Cc1cnc(C)c(N[C@@H](C)c2ccc(F)cc2)n1. The van der Waals surface area contributed by atoms with E-state index in [1.165, 1.54) is 12.1 Å². The fourth-order valence-electron chi connectivity index (χ4n) is 1.71. The fraction of sp³-hybridized carbons (Fsp3) is 0.286. The van der Waals surface area contributed by atoms with Gasteiger partial charge in [0.05, 0.1) is 17.4 Å². The van der Waals surface area contributed by atoms with Crippen LogP contribution in [-0.4, -0.2) is 9.97 Å². The Balaban J connectivity index is 2.18. The second-order valence-electron chi connectivity index (χ2n) is 4.36. The van der Waals surface area contributed by atoms with E-state index >= 15 is 0 Å². The first-order chi connectivity index (χ1) is 8.56. The van der Waals surface area contributed by atoms with Crippen LogP contribution in [0.15, 0.2) is 30.5 Å². The van der Waals surface area contributed by atoms with Crippen LogP contribution in [0.2, 0.25) is 0 Å². The van der Waals surface area contributed by atoms with Gasteiger partial charge < -0.3 is 5.32 Å². The number of halogens is 1. The molecule has 0 aliphatic carbocycles. The van der Waals surface area contributed by atoms with Crippen LogP contribution in [-0.2, 0) is 0 Å². The van der Waals surface area contributed by atoms with Crippen LogP contribution in [0, 0.1) is 19.7 Å². The summed E-state index contributed by atoms with van der Waals surface area (Å²) in [6.45, 7) is 5.82. The lowest BCUT2D eigenvalue weighted by atomic mass is 10.1. The lowest BCUT2D eigenvalue weighted by molar-refractivity contribution is 0.626. The highest BCUT2D eigenvalue weighted by molar-refractivity contribution is 5.42. The van der Waals surface area contributed by atoms with Crippen LogP contribution in [0.5, 0.6) is 0 Å². The lowest BCUT2D eigenvalue weighted by Crippen LogP contribution is -2.10. The molecular weight excluding hydrogens is 229 g/mol. The van der Waals surface area contributed by atoms with Crippen LogP contribution < -0.4 is 5.32 Å². The van der Waals surface area contributed by atoms with Crippen molar-refractivity contribution in [3.8, 4) is 0 Å². The standard InChI is InChI=1S/C14H16FN3/c1-9-8-16-11(3)14(17-9)18-10(2)12-4-6-13(15)7-5-12/h4-8,10H,1-3H3,(H,17,18)/t10-/m0/s1. The number of nitrogens with zero attached hydrogens (tertiary/aromatic N) is 2. The molecule has 1 aromatic heterocycles. The number of hydrogen-bond donors (Lipinski definition) is 1. The largest absolute Gasteiger partial charge is 0.362 e. The quantitative estimate of drug-likeness (QED) is 0.900. The molecule has 0 unspecified atom stereocenters. The molecule has 2 aromatic rings. The van der Waals surface area contributed by atoms with Crippen molar-refractivity contribution in [3.63, 3.8) is 0 Å². The molecule has 1 atom stereocenters. The lowest BCUT2D eigenvalue weighted by Gasteiger charge is -2.16. The fourth-order valence-corrected chi connectivity index (χ4v) is 1.71. The maximum Gasteiger partial charge on any atom is 0.148 e. The van der Waals surface area contributed by atoms with E-state index in [1.54, 1.807) is 18.3 Å². The molecule has 0 aliphatic heterocycles. The third kappa shape index (κ3) is 2.83. The molecule has 1 N–H and O–H groups in total.